The van der Waals surface area contributed by atoms with Crippen molar-refractivity contribution in [3.05, 3.63) is 59.7 Å². The number of carboxylic acid groups (broad SMARTS) is 1. The van der Waals surface area contributed by atoms with E-state index in [1.807, 2.05) is 57.2 Å². The van der Waals surface area contributed by atoms with Crippen molar-refractivity contribution in [2.24, 2.45) is 0 Å². The summed E-state index contributed by atoms with van der Waals surface area (Å²) >= 11 is 0. The standard InChI is InChI=1S/C26H32N2O5/c1-5-22(24(31)28(26(2,3)4)15-14-23(29)30)27-25(32)33-16-21-19-12-8-6-10-17(19)18-11-7-9-13-20(18)21/h6-13,21-22H,5,14-16H2,1-4H3,(H,27,32)(H,29,30)/t22-/m1/s1. The SMILES string of the molecule is CC[C@@H](NC(=O)OCC1c2ccccc2-c2ccccc21)C(=O)N(CCC(=O)O)C(C)(C)C. The van der Waals surface area contributed by atoms with Gasteiger partial charge in [-0.2, -0.15) is 0 Å². The summed E-state index contributed by atoms with van der Waals surface area (Å²) in [4.78, 5) is 38.3. The highest BCUT2D eigenvalue weighted by Crippen LogP contribution is 2.44. The van der Waals surface area contributed by atoms with E-state index in [9.17, 15) is 14.4 Å². The molecule has 176 valence electrons. The number of nitrogens with one attached hydrogen (secondary N) is 1. The normalized spacial score (nSPS) is 13.6. The minimum absolute atomic E-state index is 0.0689. The van der Waals surface area contributed by atoms with E-state index in [0.717, 1.165) is 22.3 Å². The number of carbonyl (C=O) groups is 3. The first-order valence-electron chi connectivity index (χ1n) is 11.3. The lowest BCUT2D eigenvalue weighted by molar-refractivity contribution is -0.141. The zero-order valence-electron chi connectivity index (χ0n) is 19.6. The van der Waals surface area contributed by atoms with Gasteiger partial charge in [0.15, 0.2) is 0 Å². The van der Waals surface area contributed by atoms with Crippen molar-refractivity contribution in [2.75, 3.05) is 13.2 Å². The fourth-order valence-corrected chi connectivity index (χ4v) is 4.29. The summed E-state index contributed by atoms with van der Waals surface area (Å²) in [5.74, 6) is -1.37. The van der Waals surface area contributed by atoms with E-state index >= 15 is 0 Å². The fraction of sp³-hybridized carbons (Fsp3) is 0.423. The Kier molecular flexibility index (Phi) is 7.41. The molecular weight excluding hydrogens is 420 g/mol. The van der Waals surface area contributed by atoms with Gasteiger partial charge in [0, 0.05) is 18.0 Å². The molecule has 2 aromatic rings. The molecule has 0 aliphatic heterocycles. The van der Waals surface area contributed by atoms with Gasteiger partial charge in [-0.15, -0.1) is 0 Å². The van der Waals surface area contributed by atoms with Crippen molar-refractivity contribution < 1.29 is 24.2 Å². The molecule has 0 saturated carbocycles. The summed E-state index contributed by atoms with van der Waals surface area (Å²) in [7, 11) is 0. The molecule has 0 fully saturated rings. The Morgan fingerprint density at radius 2 is 1.58 bits per heavy atom. The maximum Gasteiger partial charge on any atom is 0.407 e. The van der Waals surface area contributed by atoms with Crippen LogP contribution >= 0.6 is 0 Å². The van der Waals surface area contributed by atoms with Gasteiger partial charge in [-0.3, -0.25) is 9.59 Å². The van der Waals surface area contributed by atoms with Gasteiger partial charge in [0.2, 0.25) is 5.91 Å². The third kappa shape index (κ3) is 5.53. The van der Waals surface area contributed by atoms with Crippen LogP contribution in [0.3, 0.4) is 0 Å². The molecular formula is C26H32N2O5. The van der Waals surface area contributed by atoms with Gasteiger partial charge in [-0.1, -0.05) is 55.5 Å². The van der Waals surface area contributed by atoms with Crippen LogP contribution in [0.5, 0.6) is 0 Å². The van der Waals surface area contributed by atoms with Crippen LogP contribution in [0, 0.1) is 0 Å². The van der Waals surface area contributed by atoms with Crippen molar-refractivity contribution in [3.63, 3.8) is 0 Å². The summed E-state index contributed by atoms with van der Waals surface area (Å²) in [6, 6.07) is 15.4. The Balaban J connectivity index is 1.67. The topological polar surface area (TPSA) is 95.9 Å². The summed E-state index contributed by atoms with van der Waals surface area (Å²) < 4.78 is 5.57. The molecule has 3 rings (SSSR count). The quantitative estimate of drug-likeness (QED) is 0.619. The molecule has 0 spiro atoms. The number of fused-ring (bicyclic) bond motifs is 3. The lowest BCUT2D eigenvalue weighted by atomic mass is 9.98. The number of aliphatic carboxylic acids is 1. The molecule has 0 aromatic heterocycles. The van der Waals surface area contributed by atoms with Crippen LogP contribution in [-0.2, 0) is 14.3 Å². The largest absolute Gasteiger partial charge is 0.481 e. The summed E-state index contributed by atoms with van der Waals surface area (Å²) in [5, 5.41) is 11.7. The molecule has 0 unspecified atom stereocenters. The van der Waals surface area contributed by atoms with Crippen molar-refractivity contribution in [3.8, 4) is 11.1 Å². The lowest BCUT2D eigenvalue weighted by Crippen LogP contribution is -2.55. The first-order chi connectivity index (χ1) is 15.6. The molecule has 0 radical (unpaired) electrons. The van der Waals surface area contributed by atoms with Gasteiger partial charge in [0.1, 0.15) is 12.6 Å². The number of nitrogens with zero attached hydrogens (tertiary/aromatic N) is 1. The van der Waals surface area contributed by atoms with Crippen LogP contribution < -0.4 is 5.32 Å². The zero-order chi connectivity index (χ0) is 24.2. The summed E-state index contributed by atoms with van der Waals surface area (Å²) in [6.45, 7) is 7.55. The molecule has 0 heterocycles. The highest BCUT2D eigenvalue weighted by Gasteiger charge is 2.33. The average molecular weight is 453 g/mol. The van der Waals surface area contributed by atoms with E-state index in [2.05, 4.69) is 17.4 Å². The van der Waals surface area contributed by atoms with Crippen LogP contribution in [0.15, 0.2) is 48.5 Å². The predicted octanol–water partition coefficient (Wildman–Crippen LogP) is 4.41. The van der Waals surface area contributed by atoms with Crippen LogP contribution in [0.1, 0.15) is 57.6 Å². The molecule has 7 nitrogen and oxygen atoms in total. The highest BCUT2D eigenvalue weighted by atomic mass is 16.5. The summed E-state index contributed by atoms with van der Waals surface area (Å²) in [5.41, 5.74) is 3.93. The molecule has 1 aliphatic carbocycles. The summed E-state index contributed by atoms with van der Waals surface area (Å²) in [6.07, 6.45) is -0.461. The van der Waals surface area contributed by atoms with Crippen molar-refractivity contribution in [2.45, 2.75) is 58.0 Å². The molecule has 2 aromatic carbocycles. The molecule has 1 aliphatic rings. The second-order valence-electron chi connectivity index (χ2n) is 9.24. The van der Waals surface area contributed by atoms with Crippen LogP contribution in [0.2, 0.25) is 0 Å². The smallest absolute Gasteiger partial charge is 0.407 e. The minimum Gasteiger partial charge on any atom is -0.481 e. The molecule has 0 saturated heterocycles. The first-order valence-corrected chi connectivity index (χ1v) is 11.3. The highest BCUT2D eigenvalue weighted by molar-refractivity contribution is 5.86. The van der Waals surface area contributed by atoms with E-state index in [0.29, 0.717) is 6.42 Å². The monoisotopic (exact) mass is 452 g/mol. The Hall–Kier alpha value is -3.35. The average Bonchev–Trinajstić information content (AvgIpc) is 3.08. The van der Waals surface area contributed by atoms with Crippen molar-refractivity contribution in [1.82, 2.24) is 10.2 Å². The molecule has 2 amide bonds. The minimum atomic E-state index is -0.977. The maximum atomic E-state index is 13.1. The Bertz CT molecular complexity index is 982. The van der Waals surface area contributed by atoms with Gasteiger partial charge in [-0.05, 0) is 49.4 Å². The number of rotatable bonds is 8. The van der Waals surface area contributed by atoms with Crippen LogP contribution in [0.25, 0.3) is 11.1 Å². The molecule has 1 atom stereocenters. The lowest BCUT2D eigenvalue weighted by Gasteiger charge is -2.37. The molecule has 7 heteroatoms. The molecule has 2 N–H and O–H groups in total. The van der Waals surface area contributed by atoms with E-state index in [-0.39, 0.29) is 31.4 Å². The van der Waals surface area contributed by atoms with E-state index < -0.39 is 23.6 Å². The maximum absolute atomic E-state index is 13.1. The molecule has 0 bridgehead atoms. The van der Waals surface area contributed by atoms with E-state index in [1.165, 1.54) is 4.90 Å². The Labute approximate surface area is 194 Å². The Morgan fingerprint density at radius 1 is 1.03 bits per heavy atom. The van der Waals surface area contributed by atoms with Crippen molar-refractivity contribution in [1.29, 1.82) is 0 Å². The predicted molar refractivity (Wildman–Crippen MR) is 126 cm³/mol. The number of amides is 2. The zero-order valence-corrected chi connectivity index (χ0v) is 19.6. The molecule has 33 heavy (non-hydrogen) atoms. The van der Waals surface area contributed by atoms with Crippen LogP contribution in [0.4, 0.5) is 4.79 Å². The van der Waals surface area contributed by atoms with E-state index in [4.69, 9.17) is 9.84 Å². The Morgan fingerprint density at radius 3 is 2.06 bits per heavy atom. The third-order valence-electron chi connectivity index (χ3n) is 5.97. The van der Waals surface area contributed by atoms with Gasteiger partial charge in [0.05, 0.1) is 6.42 Å². The van der Waals surface area contributed by atoms with Crippen LogP contribution in [-0.4, -0.2) is 52.7 Å². The van der Waals surface area contributed by atoms with Gasteiger partial charge < -0.3 is 20.1 Å². The van der Waals surface area contributed by atoms with Gasteiger partial charge in [0.25, 0.3) is 0 Å². The number of ether oxygens (including phenoxy) is 1. The number of carboxylic acids is 1. The number of hydrogen-bond acceptors (Lipinski definition) is 4. The fourth-order valence-electron chi connectivity index (χ4n) is 4.29. The number of carbonyl (C=O) groups excluding carboxylic acids is 2. The second-order valence-corrected chi connectivity index (χ2v) is 9.24. The third-order valence-corrected chi connectivity index (χ3v) is 5.97. The first kappa shape index (κ1) is 24.3. The number of hydrogen-bond donors (Lipinski definition) is 2. The van der Waals surface area contributed by atoms with E-state index in [1.54, 1.807) is 6.92 Å². The number of benzene rings is 2. The second kappa shape index (κ2) is 10.1. The van der Waals surface area contributed by atoms with Gasteiger partial charge >= 0.3 is 12.1 Å². The van der Waals surface area contributed by atoms with Gasteiger partial charge in [-0.25, -0.2) is 4.79 Å². The van der Waals surface area contributed by atoms with Crippen molar-refractivity contribution >= 4 is 18.0 Å². The number of alkyl carbamates (subject to hydrolysis) is 1.